The van der Waals surface area contributed by atoms with Crippen LogP contribution in [0.2, 0.25) is 0 Å². The van der Waals surface area contributed by atoms with Crippen LogP contribution in [0.25, 0.3) is 22.1 Å². The Morgan fingerprint density at radius 2 is 1.81 bits per heavy atom. The lowest BCUT2D eigenvalue weighted by atomic mass is 10.1. The highest BCUT2D eigenvalue weighted by Crippen LogP contribution is 2.23. The van der Waals surface area contributed by atoms with Crippen LogP contribution in [0.15, 0.2) is 64.0 Å². The fourth-order valence-corrected chi connectivity index (χ4v) is 2.12. The molecule has 0 unspecified atom stereocenters. The number of rotatable bonds is 3. The topological polar surface area (TPSA) is 79.9 Å². The van der Waals surface area contributed by atoms with E-state index >= 15 is 0 Å². The minimum absolute atomic E-state index is 0.176. The van der Waals surface area contributed by atoms with E-state index in [9.17, 15) is 4.79 Å². The molecule has 0 radical (unpaired) electrons. The minimum atomic E-state index is -1.94. The molecule has 5 nitrogen and oxygen atoms in total. The first-order valence-corrected chi connectivity index (χ1v) is 6.29. The van der Waals surface area contributed by atoms with Gasteiger partial charge in [0.2, 0.25) is 5.43 Å². The van der Waals surface area contributed by atoms with Gasteiger partial charge in [0.25, 0.3) is 0 Å². The van der Waals surface area contributed by atoms with E-state index in [1.807, 2.05) is 30.3 Å². The molecule has 0 bridgehead atoms. The van der Waals surface area contributed by atoms with Gasteiger partial charge < -0.3 is 19.4 Å². The van der Waals surface area contributed by atoms with E-state index in [0.29, 0.717) is 16.5 Å². The molecule has 3 rings (SSSR count). The third kappa shape index (κ3) is 2.65. The van der Waals surface area contributed by atoms with Crippen LogP contribution >= 0.6 is 0 Å². The maximum Gasteiger partial charge on any atom is 0.310 e. The van der Waals surface area contributed by atoms with Crippen molar-refractivity contribution in [1.29, 1.82) is 0 Å². The Kier molecular flexibility index (Phi) is 3.43. The summed E-state index contributed by atoms with van der Waals surface area (Å²) >= 11 is 0. The fourth-order valence-electron chi connectivity index (χ4n) is 2.12. The molecule has 0 saturated carbocycles. The maximum absolute atomic E-state index is 12.5. The molecule has 1 heterocycles. The lowest BCUT2D eigenvalue weighted by Crippen LogP contribution is -2.13. The second-order valence-corrected chi connectivity index (χ2v) is 4.45. The van der Waals surface area contributed by atoms with E-state index in [2.05, 4.69) is 0 Å². The molecule has 0 aliphatic rings. The predicted molar refractivity (Wildman–Crippen MR) is 76.8 cm³/mol. The van der Waals surface area contributed by atoms with Crippen LogP contribution in [0.3, 0.4) is 0 Å². The van der Waals surface area contributed by atoms with Gasteiger partial charge in [0.15, 0.2) is 0 Å². The summed E-state index contributed by atoms with van der Waals surface area (Å²) in [6, 6.07) is 13.6. The summed E-state index contributed by atoms with van der Waals surface area (Å²) in [5, 5.41) is 17.9. The summed E-state index contributed by atoms with van der Waals surface area (Å²) in [5.41, 5.74) is 1.38. The van der Waals surface area contributed by atoms with Gasteiger partial charge in [0.05, 0.1) is 10.9 Å². The SMILES string of the molecule is O=c1c(-c2ccccc2)coc2ccc(OC(O)O)cc12. The molecule has 21 heavy (non-hydrogen) atoms. The zero-order valence-electron chi connectivity index (χ0n) is 10.9. The summed E-state index contributed by atoms with van der Waals surface area (Å²) in [7, 11) is 0. The minimum Gasteiger partial charge on any atom is -0.463 e. The van der Waals surface area contributed by atoms with Crippen LogP contribution in [0, 0.1) is 0 Å². The van der Waals surface area contributed by atoms with Gasteiger partial charge in [-0.3, -0.25) is 4.79 Å². The second-order valence-electron chi connectivity index (χ2n) is 4.45. The van der Waals surface area contributed by atoms with Crippen molar-refractivity contribution in [3.63, 3.8) is 0 Å². The number of ether oxygens (including phenoxy) is 1. The van der Waals surface area contributed by atoms with Crippen LogP contribution in [0.5, 0.6) is 5.75 Å². The summed E-state index contributed by atoms with van der Waals surface area (Å²) in [4.78, 5) is 12.5. The highest BCUT2D eigenvalue weighted by atomic mass is 16.7. The average Bonchev–Trinajstić information content (AvgIpc) is 2.48. The first-order valence-electron chi connectivity index (χ1n) is 6.29. The largest absolute Gasteiger partial charge is 0.463 e. The van der Waals surface area contributed by atoms with Crippen LogP contribution < -0.4 is 10.2 Å². The standard InChI is InChI=1S/C16H12O5/c17-15-12-8-11(21-16(18)19)6-7-14(12)20-9-13(15)10-4-2-1-3-5-10/h1-9,16,18-19H. The maximum atomic E-state index is 12.5. The predicted octanol–water partition coefficient (Wildman–Crippen LogP) is 2.11. The quantitative estimate of drug-likeness (QED) is 0.720. The number of aliphatic hydroxyl groups is 2. The first kappa shape index (κ1) is 13.4. The smallest absolute Gasteiger partial charge is 0.310 e. The van der Waals surface area contributed by atoms with E-state index in [1.165, 1.54) is 18.4 Å². The molecule has 1 aromatic heterocycles. The molecule has 0 aliphatic heterocycles. The zero-order chi connectivity index (χ0) is 14.8. The Labute approximate surface area is 119 Å². The summed E-state index contributed by atoms with van der Waals surface area (Å²) in [6.45, 7) is -1.94. The molecule has 0 spiro atoms. The van der Waals surface area contributed by atoms with Gasteiger partial charge in [0, 0.05) is 0 Å². The molecule has 2 aromatic carbocycles. The van der Waals surface area contributed by atoms with Crippen molar-refractivity contribution in [2.75, 3.05) is 0 Å². The number of aliphatic hydroxyl groups excluding tert-OH is 1. The van der Waals surface area contributed by atoms with Crippen molar-refractivity contribution in [2.24, 2.45) is 0 Å². The molecule has 3 aromatic rings. The van der Waals surface area contributed by atoms with Gasteiger partial charge in [-0.2, -0.15) is 0 Å². The Morgan fingerprint density at radius 1 is 1.05 bits per heavy atom. The van der Waals surface area contributed by atoms with Gasteiger partial charge in [0.1, 0.15) is 17.6 Å². The van der Waals surface area contributed by atoms with Gasteiger partial charge in [-0.05, 0) is 23.8 Å². The third-order valence-corrected chi connectivity index (χ3v) is 3.07. The van der Waals surface area contributed by atoms with Gasteiger partial charge in [-0.25, -0.2) is 0 Å². The van der Waals surface area contributed by atoms with Gasteiger partial charge >= 0.3 is 6.48 Å². The van der Waals surface area contributed by atoms with Crippen molar-refractivity contribution in [3.8, 4) is 16.9 Å². The summed E-state index contributed by atoms with van der Waals surface area (Å²) in [6.07, 6.45) is 1.42. The van der Waals surface area contributed by atoms with Crippen LogP contribution in [-0.2, 0) is 0 Å². The molecule has 2 N–H and O–H groups in total. The molecule has 5 heteroatoms. The number of fused-ring (bicyclic) bond motifs is 1. The van der Waals surface area contributed by atoms with Gasteiger partial charge in [-0.15, -0.1) is 0 Å². The van der Waals surface area contributed by atoms with E-state index in [4.69, 9.17) is 19.4 Å². The summed E-state index contributed by atoms with van der Waals surface area (Å²) < 4.78 is 10.2. The molecule has 0 fully saturated rings. The van der Waals surface area contributed by atoms with E-state index in [0.717, 1.165) is 5.56 Å². The normalized spacial score (nSPS) is 11.0. The molecule has 0 amide bonds. The van der Waals surface area contributed by atoms with Crippen molar-refractivity contribution in [2.45, 2.75) is 6.48 Å². The molecule has 0 aliphatic carbocycles. The Bertz CT molecular complexity index is 821. The molecular formula is C16H12O5. The monoisotopic (exact) mass is 284 g/mol. The number of benzene rings is 2. The zero-order valence-corrected chi connectivity index (χ0v) is 10.9. The van der Waals surface area contributed by atoms with E-state index in [-0.39, 0.29) is 11.2 Å². The average molecular weight is 284 g/mol. The molecule has 0 saturated heterocycles. The Morgan fingerprint density at radius 3 is 2.52 bits per heavy atom. The highest BCUT2D eigenvalue weighted by Gasteiger charge is 2.10. The first-order chi connectivity index (χ1) is 10.1. The lowest BCUT2D eigenvalue weighted by molar-refractivity contribution is -0.179. The van der Waals surface area contributed by atoms with E-state index < -0.39 is 6.48 Å². The Balaban J connectivity index is 2.17. The molecule has 106 valence electrons. The van der Waals surface area contributed by atoms with Crippen molar-refractivity contribution >= 4 is 11.0 Å². The number of hydrogen-bond acceptors (Lipinski definition) is 5. The molecule has 0 atom stereocenters. The Hall–Kier alpha value is -2.63. The van der Waals surface area contributed by atoms with Crippen molar-refractivity contribution in [1.82, 2.24) is 0 Å². The lowest BCUT2D eigenvalue weighted by Gasteiger charge is -2.08. The number of hydrogen-bond donors (Lipinski definition) is 2. The van der Waals surface area contributed by atoms with Crippen LogP contribution in [0.1, 0.15) is 0 Å². The van der Waals surface area contributed by atoms with E-state index in [1.54, 1.807) is 6.07 Å². The van der Waals surface area contributed by atoms with Crippen molar-refractivity contribution < 1.29 is 19.4 Å². The summed E-state index contributed by atoms with van der Waals surface area (Å²) in [5.74, 6) is 0.176. The van der Waals surface area contributed by atoms with Crippen molar-refractivity contribution in [3.05, 3.63) is 65.0 Å². The highest BCUT2D eigenvalue weighted by molar-refractivity contribution is 5.82. The van der Waals surface area contributed by atoms with Gasteiger partial charge in [-0.1, -0.05) is 30.3 Å². The van der Waals surface area contributed by atoms with Crippen LogP contribution in [-0.4, -0.2) is 16.7 Å². The van der Waals surface area contributed by atoms with Crippen LogP contribution in [0.4, 0.5) is 0 Å². The third-order valence-electron chi connectivity index (χ3n) is 3.07. The second kappa shape index (κ2) is 5.40. The molecular weight excluding hydrogens is 272 g/mol. The fraction of sp³-hybridized carbons (Fsp3) is 0.0625.